The van der Waals surface area contributed by atoms with E-state index >= 15 is 0 Å². The molecule has 0 atom stereocenters. The lowest BCUT2D eigenvalue weighted by Gasteiger charge is -2.27. The number of nitrogens with zero attached hydrogens (tertiary/aromatic N) is 2. The SMILES string of the molecule is CC(C)N(CCC(=N)N)c1ccc(Br)cn1. The molecule has 0 fully saturated rings. The first kappa shape index (κ1) is 13.0. The third-order valence-electron chi connectivity index (χ3n) is 2.25. The summed E-state index contributed by atoms with van der Waals surface area (Å²) in [6, 6.07) is 4.27. The first-order valence-corrected chi connectivity index (χ1v) is 6.01. The zero-order chi connectivity index (χ0) is 12.1. The number of anilines is 1. The van der Waals surface area contributed by atoms with Crippen molar-refractivity contribution in [2.45, 2.75) is 26.3 Å². The van der Waals surface area contributed by atoms with Crippen LogP contribution in [0.3, 0.4) is 0 Å². The molecule has 0 amide bonds. The molecule has 1 aromatic heterocycles. The van der Waals surface area contributed by atoms with Crippen molar-refractivity contribution in [1.29, 1.82) is 5.41 Å². The highest BCUT2D eigenvalue weighted by Crippen LogP contribution is 2.17. The fraction of sp³-hybridized carbons (Fsp3) is 0.455. The van der Waals surface area contributed by atoms with Crippen LogP contribution in [0.25, 0.3) is 0 Å². The Kier molecular flexibility index (Phi) is 4.73. The minimum atomic E-state index is 0.211. The number of hydrogen-bond donors (Lipinski definition) is 2. The van der Waals surface area contributed by atoms with Gasteiger partial charge >= 0.3 is 0 Å². The number of rotatable bonds is 5. The van der Waals surface area contributed by atoms with Gasteiger partial charge in [-0.2, -0.15) is 0 Å². The van der Waals surface area contributed by atoms with Crippen molar-refractivity contribution in [1.82, 2.24) is 4.98 Å². The zero-order valence-corrected chi connectivity index (χ0v) is 11.2. The van der Waals surface area contributed by atoms with Gasteiger partial charge in [0.15, 0.2) is 0 Å². The van der Waals surface area contributed by atoms with Crippen molar-refractivity contribution in [2.75, 3.05) is 11.4 Å². The van der Waals surface area contributed by atoms with Crippen LogP contribution in [0.5, 0.6) is 0 Å². The minimum absolute atomic E-state index is 0.211. The van der Waals surface area contributed by atoms with E-state index in [9.17, 15) is 0 Å². The fourth-order valence-electron chi connectivity index (χ4n) is 1.42. The number of hydrogen-bond acceptors (Lipinski definition) is 3. The summed E-state index contributed by atoms with van der Waals surface area (Å²) in [5.74, 6) is 1.13. The lowest BCUT2D eigenvalue weighted by molar-refractivity contribution is 0.679. The molecule has 3 N–H and O–H groups in total. The van der Waals surface area contributed by atoms with Crippen molar-refractivity contribution in [3.05, 3.63) is 22.8 Å². The second-order valence-corrected chi connectivity index (χ2v) is 4.81. The van der Waals surface area contributed by atoms with Gasteiger partial charge in [0.25, 0.3) is 0 Å². The van der Waals surface area contributed by atoms with Crippen LogP contribution < -0.4 is 10.6 Å². The summed E-state index contributed by atoms with van der Waals surface area (Å²) in [7, 11) is 0. The molecular formula is C11H17BrN4. The Morgan fingerprint density at radius 3 is 2.69 bits per heavy atom. The van der Waals surface area contributed by atoms with Gasteiger partial charge in [-0.3, -0.25) is 5.41 Å². The topological polar surface area (TPSA) is 66.0 Å². The maximum Gasteiger partial charge on any atom is 0.128 e. The normalized spacial score (nSPS) is 10.5. The highest BCUT2D eigenvalue weighted by atomic mass is 79.9. The average Bonchev–Trinajstić information content (AvgIpc) is 2.20. The highest BCUT2D eigenvalue weighted by Gasteiger charge is 2.11. The number of nitrogens with one attached hydrogen (secondary N) is 1. The van der Waals surface area contributed by atoms with E-state index in [1.54, 1.807) is 6.20 Å². The Labute approximate surface area is 104 Å². The Morgan fingerprint density at radius 2 is 2.25 bits per heavy atom. The third-order valence-corrected chi connectivity index (χ3v) is 2.72. The minimum Gasteiger partial charge on any atom is -0.388 e. The summed E-state index contributed by atoms with van der Waals surface area (Å²) in [4.78, 5) is 6.48. The van der Waals surface area contributed by atoms with Crippen LogP contribution in [0.1, 0.15) is 20.3 Å². The lowest BCUT2D eigenvalue weighted by Crippen LogP contribution is -2.34. The van der Waals surface area contributed by atoms with E-state index in [1.807, 2.05) is 12.1 Å². The molecule has 0 aliphatic rings. The quantitative estimate of drug-likeness (QED) is 0.645. The Bertz CT molecular complexity index is 348. The number of amidine groups is 1. The molecule has 0 bridgehead atoms. The van der Waals surface area contributed by atoms with Crippen molar-refractivity contribution in [3.8, 4) is 0 Å². The monoisotopic (exact) mass is 284 g/mol. The van der Waals surface area contributed by atoms with E-state index in [4.69, 9.17) is 11.1 Å². The van der Waals surface area contributed by atoms with E-state index in [0.29, 0.717) is 12.5 Å². The molecule has 4 nitrogen and oxygen atoms in total. The molecule has 0 unspecified atom stereocenters. The van der Waals surface area contributed by atoms with Gasteiger partial charge in [0.2, 0.25) is 0 Å². The van der Waals surface area contributed by atoms with Gasteiger partial charge in [-0.25, -0.2) is 4.98 Å². The predicted octanol–water partition coefficient (Wildman–Crippen LogP) is 2.38. The molecule has 16 heavy (non-hydrogen) atoms. The molecule has 1 rings (SSSR count). The molecule has 0 spiro atoms. The Morgan fingerprint density at radius 1 is 1.56 bits per heavy atom. The van der Waals surface area contributed by atoms with Crippen LogP contribution in [0.15, 0.2) is 22.8 Å². The van der Waals surface area contributed by atoms with Gasteiger partial charge in [-0.1, -0.05) is 0 Å². The van der Waals surface area contributed by atoms with E-state index in [0.717, 1.165) is 16.8 Å². The summed E-state index contributed by atoms with van der Waals surface area (Å²) in [6.07, 6.45) is 2.34. The summed E-state index contributed by atoms with van der Waals surface area (Å²) in [5, 5.41) is 7.25. The highest BCUT2D eigenvalue weighted by molar-refractivity contribution is 9.10. The average molecular weight is 285 g/mol. The first-order valence-electron chi connectivity index (χ1n) is 5.22. The molecule has 1 heterocycles. The standard InChI is InChI=1S/C11H17BrN4/c1-8(2)16(6-5-10(13)14)11-4-3-9(12)7-15-11/h3-4,7-8H,5-6H2,1-2H3,(H3,13,14). The number of pyridine rings is 1. The van der Waals surface area contributed by atoms with E-state index in [-0.39, 0.29) is 5.84 Å². The Hall–Kier alpha value is -1.10. The summed E-state index contributed by atoms with van der Waals surface area (Å²) in [6.45, 7) is 4.93. The number of halogens is 1. The van der Waals surface area contributed by atoms with Gasteiger partial charge in [0.1, 0.15) is 5.82 Å². The molecule has 0 aliphatic carbocycles. The van der Waals surface area contributed by atoms with Gasteiger partial charge in [0, 0.05) is 29.7 Å². The predicted molar refractivity (Wildman–Crippen MR) is 71.0 cm³/mol. The van der Waals surface area contributed by atoms with Crippen molar-refractivity contribution in [2.24, 2.45) is 5.73 Å². The summed E-state index contributed by atoms with van der Waals surface area (Å²) < 4.78 is 0.964. The van der Waals surface area contributed by atoms with Crippen molar-refractivity contribution in [3.63, 3.8) is 0 Å². The first-order chi connectivity index (χ1) is 7.50. The molecular weight excluding hydrogens is 268 g/mol. The van der Waals surface area contributed by atoms with Crippen LogP contribution in [0.2, 0.25) is 0 Å². The van der Waals surface area contributed by atoms with Gasteiger partial charge in [-0.15, -0.1) is 0 Å². The molecule has 0 aromatic carbocycles. The summed E-state index contributed by atoms with van der Waals surface area (Å²) >= 11 is 3.36. The molecule has 0 saturated heterocycles. The van der Waals surface area contributed by atoms with Gasteiger partial charge < -0.3 is 10.6 Å². The van der Waals surface area contributed by atoms with Crippen LogP contribution in [0.4, 0.5) is 5.82 Å². The van der Waals surface area contributed by atoms with Gasteiger partial charge in [-0.05, 0) is 41.9 Å². The molecule has 88 valence electrons. The van der Waals surface area contributed by atoms with Crippen LogP contribution in [-0.4, -0.2) is 23.4 Å². The van der Waals surface area contributed by atoms with Gasteiger partial charge in [0.05, 0.1) is 5.84 Å². The molecule has 5 heteroatoms. The lowest BCUT2D eigenvalue weighted by atomic mass is 10.2. The van der Waals surface area contributed by atoms with Crippen LogP contribution in [-0.2, 0) is 0 Å². The second-order valence-electron chi connectivity index (χ2n) is 3.90. The van der Waals surface area contributed by atoms with E-state index < -0.39 is 0 Å². The summed E-state index contributed by atoms with van der Waals surface area (Å²) in [5.41, 5.74) is 5.37. The number of aromatic nitrogens is 1. The van der Waals surface area contributed by atoms with Crippen LogP contribution >= 0.6 is 15.9 Å². The molecule has 0 radical (unpaired) electrons. The molecule has 1 aromatic rings. The largest absolute Gasteiger partial charge is 0.388 e. The maximum absolute atomic E-state index is 7.25. The third kappa shape index (κ3) is 3.81. The van der Waals surface area contributed by atoms with Crippen LogP contribution in [0, 0.1) is 5.41 Å². The van der Waals surface area contributed by atoms with Crippen molar-refractivity contribution >= 4 is 27.6 Å². The Balaban J connectivity index is 2.77. The van der Waals surface area contributed by atoms with Crippen molar-refractivity contribution < 1.29 is 0 Å². The van der Waals surface area contributed by atoms with E-state index in [1.165, 1.54) is 0 Å². The second kappa shape index (κ2) is 5.84. The smallest absolute Gasteiger partial charge is 0.128 e. The zero-order valence-electron chi connectivity index (χ0n) is 9.57. The fourth-order valence-corrected chi connectivity index (χ4v) is 1.65. The van der Waals surface area contributed by atoms with E-state index in [2.05, 4.69) is 39.7 Å². The number of nitrogens with two attached hydrogens (primary N) is 1. The molecule has 0 saturated carbocycles. The molecule has 0 aliphatic heterocycles. The maximum atomic E-state index is 7.25.